The van der Waals surface area contributed by atoms with Crippen molar-refractivity contribution in [1.29, 1.82) is 0 Å². The average Bonchev–Trinajstić information content (AvgIpc) is 2.95. The highest BCUT2D eigenvalue weighted by molar-refractivity contribution is 7.13. The van der Waals surface area contributed by atoms with Crippen molar-refractivity contribution in [3.63, 3.8) is 0 Å². The normalized spacial score (nSPS) is 11.6. The lowest BCUT2D eigenvalue weighted by Gasteiger charge is -2.26. The second-order valence-electron chi connectivity index (χ2n) is 4.85. The Balaban J connectivity index is 2.04. The number of anilines is 1. The number of hydrogen-bond donors (Lipinski definition) is 0. The van der Waals surface area contributed by atoms with Gasteiger partial charge in [-0.1, -0.05) is 57.8 Å². The quantitative estimate of drug-likeness (QED) is 0.715. The van der Waals surface area contributed by atoms with Crippen molar-refractivity contribution in [3.05, 3.63) is 35.3 Å². The van der Waals surface area contributed by atoms with Crippen LogP contribution in [0.5, 0.6) is 5.19 Å². The maximum Gasteiger partial charge on any atom is 0.311 e. The van der Waals surface area contributed by atoms with Crippen LogP contribution in [0.25, 0.3) is 0 Å². The van der Waals surface area contributed by atoms with Crippen molar-refractivity contribution in [1.82, 2.24) is 10.2 Å². The van der Waals surface area contributed by atoms with Crippen molar-refractivity contribution in [2.24, 2.45) is 0 Å². The van der Waals surface area contributed by atoms with Gasteiger partial charge in [-0.25, -0.2) is 0 Å². The predicted molar refractivity (Wildman–Crippen MR) is 89.0 cm³/mol. The average molecular weight is 378 g/mol. The van der Waals surface area contributed by atoms with Gasteiger partial charge < -0.3 is 9.64 Å². The summed E-state index contributed by atoms with van der Waals surface area (Å²) in [6, 6.07) is 9.17. The molecule has 2 aromatic rings. The SMILES string of the molecule is CC(C)N(C(=O)COc1nnc(C(F)(Cl)Cl)s1)c1ccccc1. The Bertz CT molecular complexity index is 662. The monoisotopic (exact) mass is 377 g/mol. The fourth-order valence-corrected chi connectivity index (χ4v) is 2.76. The van der Waals surface area contributed by atoms with E-state index in [2.05, 4.69) is 10.2 Å². The maximum absolute atomic E-state index is 13.3. The number of aromatic nitrogens is 2. The third kappa shape index (κ3) is 4.76. The minimum atomic E-state index is -2.63. The van der Waals surface area contributed by atoms with E-state index in [1.165, 1.54) is 0 Å². The van der Waals surface area contributed by atoms with Gasteiger partial charge in [0.1, 0.15) is 0 Å². The van der Waals surface area contributed by atoms with Crippen LogP contribution in [0, 0.1) is 0 Å². The molecule has 0 saturated heterocycles. The fraction of sp³-hybridized carbons (Fsp3) is 0.357. The highest BCUT2D eigenvalue weighted by Gasteiger charge is 2.31. The maximum atomic E-state index is 13.3. The van der Waals surface area contributed by atoms with E-state index in [0.29, 0.717) is 0 Å². The third-order valence-corrected chi connectivity index (χ3v) is 4.30. The zero-order valence-electron chi connectivity index (χ0n) is 12.4. The van der Waals surface area contributed by atoms with E-state index in [1.807, 2.05) is 44.2 Å². The van der Waals surface area contributed by atoms with Crippen LogP contribution < -0.4 is 9.64 Å². The van der Waals surface area contributed by atoms with Crippen LogP contribution in [0.15, 0.2) is 30.3 Å². The molecule has 1 heterocycles. The van der Waals surface area contributed by atoms with Gasteiger partial charge in [0, 0.05) is 11.7 Å². The molecule has 2 rings (SSSR count). The molecule has 9 heteroatoms. The first kappa shape index (κ1) is 17.9. The van der Waals surface area contributed by atoms with Gasteiger partial charge in [0.25, 0.3) is 11.1 Å². The van der Waals surface area contributed by atoms with Gasteiger partial charge in [-0.15, -0.1) is 5.10 Å². The topological polar surface area (TPSA) is 55.3 Å². The van der Waals surface area contributed by atoms with Crippen molar-refractivity contribution in [2.45, 2.75) is 24.5 Å². The van der Waals surface area contributed by atoms with Gasteiger partial charge in [0.15, 0.2) is 11.6 Å². The molecule has 0 bridgehead atoms. The first-order valence-electron chi connectivity index (χ1n) is 6.69. The Hall–Kier alpha value is -1.44. The molecule has 1 aromatic heterocycles. The molecule has 5 nitrogen and oxygen atoms in total. The summed E-state index contributed by atoms with van der Waals surface area (Å²) in [5.41, 5.74) is 0.762. The second-order valence-corrected chi connectivity index (χ2v) is 7.03. The van der Waals surface area contributed by atoms with Gasteiger partial charge in [0.05, 0.1) is 0 Å². The van der Waals surface area contributed by atoms with E-state index in [4.69, 9.17) is 27.9 Å². The van der Waals surface area contributed by atoms with Gasteiger partial charge in [-0.05, 0) is 26.0 Å². The van der Waals surface area contributed by atoms with E-state index in [-0.39, 0.29) is 28.8 Å². The molecule has 0 N–H and O–H groups in total. The van der Waals surface area contributed by atoms with Gasteiger partial charge in [0.2, 0.25) is 0 Å². The van der Waals surface area contributed by atoms with Crippen LogP contribution in [0.3, 0.4) is 0 Å². The molecule has 0 radical (unpaired) electrons. The van der Waals surface area contributed by atoms with E-state index in [0.717, 1.165) is 17.0 Å². The Morgan fingerprint density at radius 3 is 2.52 bits per heavy atom. The summed E-state index contributed by atoms with van der Waals surface area (Å²) in [5.74, 6) is -0.258. The summed E-state index contributed by atoms with van der Waals surface area (Å²) in [4.78, 5) is 14.0. The summed E-state index contributed by atoms with van der Waals surface area (Å²) in [6.45, 7) is 3.53. The standard InChI is InChI=1S/C14H14Cl2FN3O2S/c1-9(2)20(10-6-4-3-5-7-10)11(21)8-22-13-19-18-12(23-13)14(15,16)17/h3-7,9H,8H2,1-2H3. The van der Waals surface area contributed by atoms with Crippen LogP contribution in [0.1, 0.15) is 18.9 Å². The molecule has 0 spiro atoms. The van der Waals surface area contributed by atoms with Crippen LogP contribution in [0.4, 0.5) is 10.1 Å². The van der Waals surface area contributed by atoms with Crippen molar-refractivity contribution in [2.75, 3.05) is 11.5 Å². The van der Waals surface area contributed by atoms with Gasteiger partial charge in [-0.2, -0.15) is 4.39 Å². The highest BCUT2D eigenvalue weighted by atomic mass is 35.5. The number of para-hydroxylation sites is 1. The fourth-order valence-electron chi connectivity index (χ4n) is 1.89. The number of ether oxygens (including phenoxy) is 1. The molecule has 0 unspecified atom stereocenters. The first-order valence-corrected chi connectivity index (χ1v) is 8.27. The summed E-state index contributed by atoms with van der Waals surface area (Å²) in [5, 5.41) is 6.86. The molecule has 0 aliphatic carbocycles. The molecule has 0 saturated carbocycles. The summed E-state index contributed by atoms with van der Waals surface area (Å²) < 4.78 is 15.9. The minimum absolute atomic E-state index is 0.0217. The van der Waals surface area contributed by atoms with Crippen LogP contribution in [-0.4, -0.2) is 28.8 Å². The molecular formula is C14H14Cl2FN3O2S. The molecule has 1 aromatic carbocycles. The first-order chi connectivity index (χ1) is 10.8. The Morgan fingerprint density at radius 2 is 2.00 bits per heavy atom. The molecule has 0 atom stereocenters. The van der Waals surface area contributed by atoms with E-state index >= 15 is 0 Å². The number of halogens is 3. The largest absolute Gasteiger partial charge is 0.459 e. The van der Waals surface area contributed by atoms with Crippen molar-refractivity contribution >= 4 is 46.1 Å². The minimum Gasteiger partial charge on any atom is -0.459 e. The number of alkyl halides is 3. The predicted octanol–water partition coefficient (Wildman–Crippen LogP) is 3.92. The van der Waals surface area contributed by atoms with E-state index in [1.54, 1.807) is 4.90 Å². The molecular weight excluding hydrogens is 364 g/mol. The summed E-state index contributed by atoms with van der Waals surface area (Å²) in [7, 11) is 0. The zero-order chi connectivity index (χ0) is 17.0. The summed E-state index contributed by atoms with van der Waals surface area (Å²) in [6.07, 6.45) is 0. The van der Waals surface area contributed by atoms with Crippen molar-refractivity contribution in [3.8, 4) is 5.19 Å². The third-order valence-electron chi connectivity index (χ3n) is 2.79. The molecule has 0 aliphatic heterocycles. The number of benzene rings is 1. The number of hydrogen-bond acceptors (Lipinski definition) is 5. The Kier molecular flexibility index (Phi) is 5.78. The van der Waals surface area contributed by atoms with Gasteiger partial charge in [-0.3, -0.25) is 4.79 Å². The van der Waals surface area contributed by atoms with Crippen LogP contribution in [-0.2, 0) is 9.38 Å². The molecule has 1 amide bonds. The van der Waals surface area contributed by atoms with Gasteiger partial charge >= 0.3 is 4.59 Å². The van der Waals surface area contributed by atoms with Crippen LogP contribution >= 0.6 is 34.5 Å². The lowest BCUT2D eigenvalue weighted by molar-refractivity contribution is -0.120. The number of amides is 1. The zero-order valence-corrected chi connectivity index (χ0v) is 14.7. The number of nitrogens with zero attached hydrogens (tertiary/aromatic N) is 3. The Morgan fingerprint density at radius 1 is 1.35 bits per heavy atom. The van der Waals surface area contributed by atoms with Crippen molar-refractivity contribution < 1.29 is 13.9 Å². The number of carbonyl (C=O) groups is 1. The summed E-state index contributed by atoms with van der Waals surface area (Å²) >= 11 is 11.3. The molecule has 0 fully saturated rings. The Labute approximate surface area is 147 Å². The molecule has 0 aliphatic rings. The molecule has 124 valence electrons. The van der Waals surface area contributed by atoms with E-state index in [9.17, 15) is 9.18 Å². The number of rotatable bonds is 6. The molecule has 23 heavy (non-hydrogen) atoms. The number of carbonyl (C=O) groups excluding carboxylic acids is 1. The van der Waals surface area contributed by atoms with E-state index < -0.39 is 4.59 Å². The second kappa shape index (κ2) is 7.42. The smallest absolute Gasteiger partial charge is 0.311 e. The highest BCUT2D eigenvalue weighted by Crippen LogP contribution is 2.38. The lowest BCUT2D eigenvalue weighted by atomic mass is 10.2. The lowest BCUT2D eigenvalue weighted by Crippen LogP contribution is -2.40. The van der Waals surface area contributed by atoms with Crippen LogP contribution in [0.2, 0.25) is 0 Å².